The van der Waals surface area contributed by atoms with Crippen LogP contribution in [0.25, 0.3) is 0 Å². The number of hydrogen-bond donors (Lipinski definition) is 1. The third-order valence-corrected chi connectivity index (χ3v) is 3.89. The lowest BCUT2D eigenvalue weighted by atomic mass is 10.0. The van der Waals surface area contributed by atoms with E-state index in [4.69, 9.17) is 4.74 Å². The van der Waals surface area contributed by atoms with Gasteiger partial charge in [-0.15, -0.1) is 0 Å². The van der Waals surface area contributed by atoms with Gasteiger partial charge in [-0.3, -0.25) is 4.90 Å². The van der Waals surface area contributed by atoms with E-state index in [2.05, 4.69) is 37.9 Å². The van der Waals surface area contributed by atoms with Gasteiger partial charge in [-0.25, -0.2) is 0 Å². The van der Waals surface area contributed by atoms with Crippen LogP contribution in [-0.4, -0.2) is 48.3 Å². The lowest BCUT2D eigenvalue weighted by Crippen LogP contribution is -2.55. The second kappa shape index (κ2) is 4.63. The molecule has 1 N–H and O–H groups in total. The Labute approximate surface area is 99.5 Å². The smallest absolute Gasteiger partial charge is 0.0710 e. The molecule has 2 saturated heterocycles. The molecule has 0 bridgehead atoms. The molecule has 0 amide bonds. The molecule has 0 saturated carbocycles. The van der Waals surface area contributed by atoms with Crippen molar-refractivity contribution in [2.75, 3.05) is 19.6 Å². The Morgan fingerprint density at radius 1 is 1.38 bits per heavy atom. The van der Waals surface area contributed by atoms with E-state index in [0.29, 0.717) is 18.2 Å². The van der Waals surface area contributed by atoms with Crippen LogP contribution in [0.3, 0.4) is 0 Å². The predicted octanol–water partition coefficient (Wildman–Crippen LogP) is 1.63. The lowest BCUT2D eigenvalue weighted by Gasteiger charge is -2.38. The quantitative estimate of drug-likeness (QED) is 0.774. The summed E-state index contributed by atoms with van der Waals surface area (Å²) in [5.74, 6) is 0. The summed E-state index contributed by atoms with van der Waals surface area (Å²) < 4.78 is 6.07. The van der Waals surface area contributed by atoms with Gasteiger partial charge < -0.3 is 10.1 Å². The van der Waals surface area contributed by atoms with Crippen LogP contribution in [0, 0.1) is 0 Å². The fourth-order valence-electron chi connectivity index (χ4n) is 2.82. The molecule has 2 rings (SSSR count). The SMILES string of the molecule is CC1CN(CC2CCC(C)(C)O2)C(C)CN1. The molecule has 3 nitrogen and oxygen atoms in total. The van der Waals surface area contributed by atoms with Crippen LogP contribution >= 0.6 is 0 Å². The summed E-state index contributed by atoms with van der Waals surface area (Å²) in [6, 6.07) is 1.26. The molecule has 94 valence electrons. The highest BCUT2D eigenvalue weighted by molar-refractivity contribution is 4.87. The molecule has 16 heavy (non-hydrogen) atoms. The van der Waals surface area contributed by atoms with Gasteiger partial charge in [0.2, 0.25) is 0 Å². The summed E-state index contributed by atoms with van der Waals surface area (Å²) in [4.78, 5) is 2.58. The molecule has 0 spiro atoms. The number of nitrogens with one attached hydrogen (secondary N) is 1. The summed E-state index contributed by atoms with van der Waals surface area (Å²) in [7, 11) is 0. The van der Waals surface area contributed by atoms with Crippen molar-refractivity contribution in [1.29, 1.82) is 0 Å². The van der Waals surface area contributed by atoms with Crippen molar-refractivity contribution in [3.05, 3.63) is 0 Å². The average molecular weight is 226 g/mol. The first kappa shape index (κ1) is 12.3. The minimum absolute atomic E-state index is 0.105. The Hall–Kier alpha value is -0.120. The largest absolute Gasteiger partial charge is 0.371 e. The molecule has 0 aliphatic carbocycles. The molecule has 2 aliphatic rings. The van der Waals surface area contributed by atoms with Crippen molar-refractivity contribution >= 4 is 0 Å². The minimum Gasteiger partial charge on any atom is -0.371 e. The fraction of sp³-hybridized carbons (Fsp3) is 1.00. The summed E-state index contributed by atoms with van der Waals surface area (Å²) >= 11 is 0. The second-order valence-electron chi connectivity index (χ2n) is 6.15. The zero-order chi connectivity index (χ0) is 11.8. The van der Waals surface area contributed by atoms with Gasteiger partial charge in [0.1, 0.15) is 0 Å². The van der Waals surface area contributed by atoms with E-state index in [1.54, 1.807) is 0 Å². The van der Waals surface area contributed by atoms with E-state index in [1.807, 2.05) is 0 Å². The third kappa shape index (κ3) is 2.96. The molecule has 0 aromatic rings. The third-order valence-electron chi connectivity index (χ3n) is 3.89. The molecule has 0 radical (unpaired) electrons. The first-order valence-electron chi connectivity index (χ1n) is 6.61. The van der Waals surface area contributed by atoms with Crippen LogP contribution in [0.4, 0.5) is 0 Å². The zero-order valence-electron chi connectivity index (χ0n) is 11.1. The summed E-state index contributed by atoms with van der Waals surface area (Å²) in [5, 5.41) is 3.52. The van der Waals surface area contributed by atoms with Crippen molar-refractivity contribution in [3.63, 3.8) is 0 Å². The molecule has 0 aromatic heterocycles. The highest BCUT2D eigenvalue weighted by Gasteiger charge is 2.34. The van der Waals surface area contributed by atoms with E-state index in [-0.39, 0.29) is 5.60 Å². The van der Waals surface area contributed by atoms with E-state index < -0.39 is 0 Å². The van der Waals surface area contributed by atoms with E-state index in [0.717, 1.165) is 19.6 Å². The summed E-state index contributed by atoms with van der Waals surface area (Å²) in [5.41, 5.74) is 0.105. The maximum atomic E-state index is 6.07. The van der Waals surface area contributed by atoms with E-state index in [1.165, 1.54) is 12.8 Å². The Balaban J connectivity index is 1.84. The number of rotatable bonds is 2. The van der Waals surface area contributed by atoms with Gasteiger partial charge in [-0.2, -0.15) is 0 Å². The Morgan fingerprint density at radius 3 is 2.75 bits per heavy atom. The molecule has 3 heteroatoms. The van der Waals surface area contributed by atoms with Crippen LogP contribution in [0.2, 0.25) is 0 Å². The van der Waals surface area contributed by atoms with Crippen LogP contribution in [0.5, 0.6) is 0 Å². The van der Waals surface area contributed by atoms with Gasteiger partial charge in [-0.05, 0) is 40.5 Å². The lowest BCUT2D eigenvalue weighted by molar-refractivity contribution is -0.0367. The van der Waals surface area contributed by atoms with Gasteiger partial charge in [0.25, 0.3) is 0 Å². The summed E-state index contributed by atoms with van der Waals surface area (Å²) in [6.07, 6.45) is 2.87. The van der Waals surface area contributed by atoms with Gasteiger partial charge in [0.15, 0.2) is 0 Å². The van der Waals surface area contributed by atoms with Crippen molar-refractivity contribution in [1.82, 2.24) is 10.2 Å². The summed E-state index contributed by atoms with van der Waals surface area (Å²) in [6.45, 7) is 12.3. The first-order valence-corrected chi connectivity index (χ1v) is 6.61. The molecular weight excluding hydrogens is 200 g/mol. The Bertz CT molecular complexity index is 242. The van der Waals surface area contributed by atoms with Crippen molar-refractivity contribution in [2.45, 2.75) is 64.3 Å². The Morgan fingerprint density at radius 2 is 2.12 bits per heavy atom. The normalized spacial score (nSPS) is 40.1. The van der Waals surface area contributed by atoms with Gasteiger partial charge in [0, 0.05) is 31.7 Å². The topological polar surface area (TPSA) is 24.5 Å². The molecular formula is C13H26N2O. The van der Waals surface area contributed by atoms with Crippen molar-refractivity contribution in [3.8, 4) is 0 Å². The van der Waals surface area contributed by atoms with Crippen LogP contribution in [0.15, 0.2) is 0 Å². The minimum atomic E-state index is 0.105. The number of nitrogens with zero attached hydrogens (tertiary/aromatic N) is 1. The maximum Gasteiger partial charge on any atom is 0.0710 e. The highest BCUT2D eigenvalue weighted by Crippen LogP contribution is 2.30. The van der Waals surface area contributed by atoms with E-state index in [9.17, 15) is 0 Å². The zero-order valence-corrected chi connectivity index (χ0v) is 11.1. The maximum absolute atomic E-state index is 6.07. The first-order chi connectivity index (χ1) is 7.46. The molecule has 2 heterocycles. The predicted molar refractivity (Wildman–Crippen MR) is 66.7 cm³/mol. The van der Waals surface area contributed by atoms with Crippen molar-refractivity contribution < 1.29 is 4.74 Å². The highest BCUT2D eigenvalue weighted by atomic mass is 16.5. The van der Waals surface area contributed by atoms with Crippen LogP contribution in [-0.2, 0) is 4.74 Å². The number of hydrogen-bond acceptors (Lipinski definition) is 3. The molecule has 0 aromatic carbocycles. The molecule has 3 atom stereocenters. The van der Waals surface area contributed by atoms with Gasteiger partial charge in [0.05, 0.1) is 11.7 Å². The number of piperazine rings is 1. The van der Waals surface area contributed by atoms with Crippen LogP contribution in [0.1, 0.15) is 40.5 Å². The molecule has 2 aliphatic heterocycles. The van der Waals surface area contributed by atoms with Crippen molar-refractivity contribution in [2.24, 2.45) is 0 Å². The fourth-order valence-corrected chi connectivity index (χ4v) is 2.82. The average Bonchev–Trinajstić information content (AvgIpc) is 2.52. The van der Waals surface area contributed by atoms with Gasteiger partial charge >= 0.3 is 0 Å². The molecule has 2 fully saturated rings. The monoisotopic (exact) mass is 226 g/mol. The second-order valence-corrected chi connectivity index (χ2v) is 6.15. The van der Waals surface area contributed by atoms with Gasteiger partial charge in [-0.1, -0.05) is 0 Å². The number of ether oxygens (including phenoxy) is 1. The van der Waals surface area contributed by atoms with Crippen LogP contribution < -0.4 is 5.32 Å². The Kier molecular flexibility index (Phi) is 3.57. The van der Waals surface area contributed by atoms with E-state index >= 15 is 0 Å². The standard InChI is InChI=1S/C13H26N2O/c1-10-8-15(11(2)7-14-10)9-12-5-6-13(3,4)16-12/h10-12,14H,5-9H2,1-4H3. The molecule has 3 unspecified atom stereocenters.